The first-order chi connectivity index (χ1) is 21.7. The Hall–Kier alpha value is -5.27. The molecule has 1 aliphatic rings. The molecule has 1 saturated heterocycles. The Bertz CT molecular complexity index is 1900. The highest BCUT2D eigenvalue weighted by Gasteiger charge is 2.61. The average Bonchev–Trinajstić information content (AvgIpc) is 3.32. The number of rotatable bonds is 9. The van der Waals surface area contributed by atoms with E-state index in [4.69, 9.17) is 42.8 Å². The summed E-state index contributed by atoms with van der Waals surface area (Å²) in [7, 11) is 0. The van der Waals surface area contributed by atoms with Crippen LogP contribution in [0.15, 0.2) is 107 Å². The van der Waals surface area contributed by atoms with Crippen molar-refractivity contribution in [2.75, 3.05) is 6.61 Å². The summed E-state index contributed by atoms with van der Waals surface area (Å²) in [6.07, 6.45) is -3.68. The SMILES string of the molecule is [N-]=[N+]=N[C@]1(COC(=O)c2cccc(Cl)c2)O[C@@H](n2ccc(=S)[nH]c2=O)C(OC(=O)c2ccccc2)[C@H]1OC(=O)c1ccccc1. The number of aromatic amines is 1. The first-order valence-electron chi connectivity index (χ1n) is 13.2. The first-order valence-corrected chi connectivity index (χ1v) is 14.0. The first kappa shape index (κ1) is 31.2. The van der Waals surface area contributed by atoms with Gasteiger partial charge in [0.15, 0.2) is 18.4 Å². The van der Waals surface area contributed by atoms with Gasteiger partial charge in [0.05, 0.1) is 16.7 Å². The molecule has 0 radical (unpaired) electrons. The molecule has 13 nitrogen and oxygen atoms in total. The van der Waals surface area contributed by atoms with Crippen molar-refractivity contribution < 1.29 is 33.3 Å². The van der Waals surface area contributed by atoms with Gasteiger partial charge >= 0.3 is 23.6 Å². The molecule has 4 aromatic rings. The van der Waals surface area contributed by atoms with Crippen LogP contribution in [0.2, 0.25) is 5.02 Å². The normalized spacial score (nSPS) is 20.4. The van der Waals surface area contributed by atoms with Gasteiger partial charge in [0, 0.05) is 16.1 Å². The molecule has 1 fully saturated rings. The van der Waals surface area contributed by atoms with Gasteiger partial charge in [-0.05, 0) is 54.1 Å². The van der Waals surface area contributed by atoms with Crippen LogP contribution in [0.25, 0.3) is 10.4 Å². The lowest BCUT2D eigenvalue weighted by Gasteiger charge is -2.29. The second kappa shape index (κ2) is 13.6. The summed E-state index contributed by atoms with van der Waals surface area (Å²) in [5.74, 6) is -2.67. The fourth-order valence-corrected chi connectivity index (χ4v) is 4.90. The molecule has 228 valence electrons. The molecule has 0 aliphatic carbocycles. The van der Waals surface area contributed by atoms with Crippen molar-refractivity contribution in [3.05, 3.63) is 144 Å². The van der Waals surface area contributed by atoms with Crippen molar-refractivity contribution in [1.29, 1.82) is 0 Å². The maximum Gasteiger partial charge on any atom is 0.338 e. The Morgan fingerprint density at radius 3 is 2.16 bits per heavy atom. The highest BCUT2D eigenvalue weighted by molar-refractivity contribution is 7.71. The lowest BCUT2D eigenvalue weighted by molar-refractivity contribution is -0.129. The van der Waals surface area contributed by atoms with Crippen LogP contribution in [0, 0.1) is 4.64 Å². The zero-order valence-corrected chi connectivity index (χ0v) is 24.6. The van der Waals surface area contributed by atoms with Crippen LogP contribution < -0.4 is 5.69 Å². The number of esters is 3. The molecule has 1 N–H and O–H groups in total. The van der Waals surface area contributed by atoms with Crippen molar-refractivity contribution in [2.45, 2.75) is 24.2 Å². The quantitative estimate of drug-likeness (QED) is 0.0622. The minimum absolute atomic E-state index is 0.0601. The second-order valence-electron chi connectivity index (χ2n) is 9.57. The molecular formula is C30H22ClN5O8S. The monoisotopic (exact) mass is 647 g/mol. The number of hydrogen-bond donors (Lipinski definition) is 1. The number of benzene rings is 3. The number of nitrogens with one attached hydrogen (secondary N) is 1. The minimum atomic E-state index is -2.34. The highest BCUT2D eigenvalue weighted by atomic mass is 35.5. The van der Waals surface area contributed by atoms with E-state index in [1.165, 1.54) is 54.7 Å². The Kier molecular flexibility index (Phi) is 9.40. The lowest BCUT2D eigenvalue weighted by atomic mass is 10.0. The molecule has 2 heterocycles. The van der Waals surface area contributed by atoms with E-state index in [1.54, 1.807) is 42.5 Å². The number of aromatic nitrogens is 2. The van der Waals surface area contributed by atoms with Gasteiger partial charge in [0.25, 0.3) is 0 Å². The molecule has 4 atom stereocenters. The van der Waals surface area contributed by atoms with Crippen LogP contribution in [-0.2, 0) is 18.9 Å². The van der Waals surface area contributed by atoms with Crippen LogP contribution >= 0.6 is 23.8 Å². The lowest BCUT2D eigenvalue weighted by Crippen LogP contribution is -2.49. The molecule has 0 saturated carbocycles. The standard InChI is InChI=1S/C30H22ClN5O8S/c31-21-13-7-12-20(16-21)26(37)41-17-30(34-35-32)24(43-28(39)19-10-5-2-6-11-19)23(42-27(38)18-8-3-1-4-9-18)25(44-30)36-15-14-22(45)33-29(36)40/h1-16,23-25H,17H2,(H,33,40,45)/t23?,24-,25-,30-/m1/s1. The zero-order valence-electron chi connectivity index (χ0n) is 23.0. The van der Waals surface area contributed by atoms with Crippen LogP contribution in [-0.4, -0.2) is 52.0 Å². The van der Waals surface area contributed by atoms with Crippen molar-refractivity contribution in [3.63, 3.8) is 0 Å². The van der Waals surface area contributed by atoms with Gasteiger partial charge in [-0.2, -0.15) is 0 Å². The van der Waals surface area contributed by atoms with Gasteiger partial charge in [0.2, 0.25) is 5.72 Å². The third-order valence-electron chi connectivity index (χ3n) is 6.65. The molecule has 1 aliphatic heterocycles. The fourth-order valence-electron chi connectivity index (χ4n) is 4.56. The molecule has 5 rings (SSSR count). The summed E-state index contributed by atoms with van der Waals surface area (Å²) in [5, 5.41) is 4.02. The number of nitrogens with zero attached hydrogens (tertiary/aromatic N) is 4. The van der Waals surface area contributed by atoms with Crippen molar-refractivity contribution in [1.82, 2.24) is 9.55 Å². The van der Waals surface area contributed by atoms with E-state index < -0.39 is 54.4 Å². The van der Waals surface area contributed by atoms with Crippen LogP contribution in [0.4, 0.5) is 0 Å². The highest BCUT2D eigenvalue weighted by Crippen LogP contribution is 2.43. The van der Waals surface area contributed by atoms with Gasteiger partial charge in [-0.25, -0.2) is 19.2 Å². The molecular weight excluding hydrogens is 626 g/mol. The third kappa shape index (κ3) is 6.95. The summed E-state index contributed by atoms with van der Waals surface area (Å²) in [4.78, 5) is 58.1. The molecule has 3 aromatic carbocycles. The predicted octanol–water partition coefficient (Wildman–Crippen LogP) is 5.40. The predicted molar refractivity (Wildman–Crippen MR) is 161 cm³/mol. The summed E-state index contributed by atoms with van der Waals surface area (Å²) in [6.45, 7) is -0.831. The third-order valence-corrected chi connectivity index (χ3v) is 7.13. The van der Waals surface area contributed by atoms with E-state index in [0.29, 0.717) is 0 Å². The van der Waals surface area contributed by atoms with Crippen LogP contribution in [0.3, 0.4) is 0 Å². The molecule has 0 amide bonds. The van der Waals surface area contributed by atoms with Gasteiger partial charge in [-0.15, -0.1) is 0 Å². The van der Waals surface area contributed by atoms with Crippen LogP contribution in [0.5, 0.6) is 0 Å². The number of halogens is 1. The summed E-state index contributed by atoms with van der Waals surface area (Å²) in [6, 6.07) is 22.9. The van der Waals surface area contributed by atoms with E-state index in [-0.39, 0.29) is 26.4 Å². The zero-order chi connectivity index (χ0) is 32.0. The largest absolute Gasteiger partial charge is 0.459 e. The molecule has 1 aromatic heterocycles. The fraction of sp³-hybridized carbons (Fsp3) is 0.167. The maximum absolute atomic E-state index is 13.4. The number of azide groups is 1. The second-order valence-corrected chi connectivity index (χ2v) is 10.5. The molecule has 0 bridgehead atoms. The van der Waals surface area contributed by atoms with E-state index in [1.807, 2.05) is 0 Å². The van der Waals surface area contributed by atoms with E-state index >= 15 is 0 Å². The Labute approximate surface area is 264 Å². The van der Waals surface area contributed by atoms with Crippen molar-refractivity contribution >= 4 is 41.7 Å². The molecule has 15 heteroatoms. The van der Waals surface area contributed by atoms with Gasteiger partial charge in [0.1, 0.15) is 11.2 Å². The number of H-pyrrole nitrogens is 1. The minimum Gasteiger partial charge on any atom is -0.459 e. The molecule has 0 spiro atoms. The van der Waals surface area contributed by atoms with E-state index in [9.17, 15) is 24.7 Å². The smallest absolute Gasteiger partial charge is 0.338 e. The molecule has 45 heavy (non-hydrogen) atoms. The topological polar surface area (TPSA) is 175 Å². The average molecular weight is 648 g/mol. The van der Waals surface area contributed by atoms with Gasteiger partial charge in [-0.1, -0.05) is 71.4 Å². The van der Waals surface area contributed by atoms with Gasteiger partial charge in [-0.3, -0.25) is 9.55 Å². The number of carbonyl (C=O) groups excluding carboxylic acids is 3. The molecule has 1 unspecified atom stereocenters. The van der Waals surface area contributed by atoms with Crippen molar-refractivity contribution in [2.24, 2.45) is 5.11 Å². The van der Waals surface area contributed by atoms with Crippen molar-refractivity contribution in [3.8, 4) is 0 Å². The Morgan fingerprint density at radius 2 is 1.56 bits per heavy atom. The Morgan fingerprint density at radius 1 is 0.933 bits per heavy atom. The number of hydrogen-bond acceptors (Lipinski definition) is 10. The van der Waals surface area contributed by atoms with Gasteiger partial charge < -0.3 is 18.9 Å². The number of ether oxygens (including phenoxy) is 4. The van der Waals surface area contributed by atoms with E-state index in [2.05, 4.69) is 15.0 Å². The number of carbonyl (C=O) groups is 3. The van der Waals surface area contributed by atoms with Crippen LogP contribution in [0.1, 0.15) is 37.3 Å². The summed E-state index contributed by atoms with van der Waals surface area (Å²) >= 11 is 11.1. The summed E-state index contributed by atoms with van der Waals surface area (Å²) < 4.78 is 24.3. The maximum atomic E-state index is 13.4. The van der Waals surface area contributed by atoms with E-state index in [0.717, 1.165) is 4.57 Å². The Balaban J connectivity index is 1.61. The summed E-state index contributed by atoms with van der Waals surface area (Å²) in [5.41, 5.74) is 6.81.